The Labute approximate surface area is 142 Å². The number of amidine groups is 1. The van der Waals surface area contributed by atoms with Gasteiger partial charge in [-0.2, -0.15) is 15.5 Å². The first-order chi connectivity index (χ1) is 11.1. The predicted octanol–water partition coefficient (Wildman–Crippen LogP) is 2.65. The molecule has 2 N–H and O–H groups in total. The van der Waals surface area contributed by atoms with Crippen molar-refractivity contribution in [1.82, 2.24) is 5.32 Å². The number of aliphatic hydroxyl groups is 1. The monoisotopic (exact) mass is 326 g/mol. The van der Waals surface area contributed by atoms with Gasteiger partial charge in [0.05, 0.1) is 17.7 Å². The Balaban J connectivity index is 2.54. The molecule has 6 heteroatoms. The molecular formula is C18H22N4O2. The molecule has 0 saturated heterocycles. The Morgan fingerprint density at radius 2 is 2.00 bits per heavy atom. The third kappa shape index (κ3) is 3.34. The summed E-state index contributed by atoms with van der Waals surface area (Å²) >= 11 is 0. The van der Waals surface area contributed by atoms with E-state index in [-0.39, 0.29) is 0 Å². The molecule has 0 radical (unpaired) electrons. The van der Waals surface area contributed by atoms with Crippen molar-refractivity contribution >= 4 is 5.84 Å². The standard InChI is InChI=1S/C18H22N4O2/c1-17(2,3)16(21-10-20)22-14-12-8-11(9-19)6-7-13(12)24-18(4,5)15(14)23/h6-8,14-15,23H,1-5H3,(H,21,22)/t14-,15+/m0/s1. The van der Waals surface area contributed by atoms with Crippen LogP contribution in [-0.4, -0.2) is 22.6 Å². The zero-order valence-electron chi connectivity index (χ0n) is 14.6. The van der Waals surface area contributed by atoms with E-state index < -0.39 is 23.2 Å². The zero-order valence-corrected chi connectivity index (χ0v) is 14.6. The van der Waals surface area contributed by atoms with Gasteiger partial charge in [0.15, 0.2) is 0 Å². The number of rotatable bonds is 1. The highest BCUT2D eigenvalue weighted by atomic mass is 16.5. The maximum atomic E-state index is 10.8. The molecule has 24 heavy (non-hydrogen) atoms. The summed E-state index contributed by atoms with van der Waals surface area (Å²) < 4.78 is 5.88. The molecule has 126 valence electrons. The molecule has 0 saturated carbocycles. The second kappa shape index (κ2) is 6.14. The molecule has 0 unspecified atom stereocenters. The van der Waals surface area contributed by atoms with Crippen LogP contribution in [0, 0.1) is 28.2 Å². The lowest BCUT2D eigenvalue weighted by atomic mass is 9.84. The minimum absolute atomic E-state index is 0.398. The van der Waals surface area contributed by atoms with Gasteiger partial charge in [-0.15, -0.1) is 0 Å². The lowest BCUT2D eigenvalue weighted by Gasteiger charge is -2.43. The van der Waals surface area contributed by atoms with E-state index in [1.807, 2.05) is 20.8 Å². The first-order valence-corrected chi connectivity index (χ1v) is 7.75. The van der Waals surface area contributed by atoms with Gasteiger partial charge in [0.2, 0.25) is 6.19 Å². The molecule has 1 aromatic rings. The second-order valence-electron chi connectivity index (χ2n) is 7.45. The molecule has 0 fully saturated rings. The van der Waals surface area contributed by atoms with E-state index in [4.69, 9.17) is 15.3 Å². The fourth-order valence-electron chi connectivity index (χ4n) is 2.64. The van der Waals surface area contributed by atoms with E-state index in [1.165, 1.54) is 0 Å². The normalized spacial score (nSPS) is 22.6. The smallest absolute Gasteiger partial charge is 0.207 e. The number of aliphatic imine (C=N–C) groups is 1. The molecule has 2 atom stereocenters. The molecule has 0 aromatic heterocycles. The summed E-state index contributed by atoms with van der Waals surface area (Å²) in [5, 5.41) is 32.1. The molecule has 1 aromatic carbocycles. The van der Waals surface area contributed by atoms with Crippen molar-refractivity contribution in [2.45, 2.75) is 52.4 Å². The minimum atomic E-state index is -0.884. The number of nitriles is 2. The van der Waals surface area contributed by atoms with Crippen LogP contribution < -0.4 is 10.1 Å². The minimum Gasteiger partial charge on any atom is -0.485 e. The highest BCUT2D eigenvalue weighted by molar-refractivity contribution is 5.88. The molecule has 6 nitrogen and oxygen atoms in total. The molecule has 2 rings (SSSR count). The third-order valence-electron chi connectivity index (χ3n) is 4.04. The lowest BCUT2D eigenvalue weighted by Crippen LogP contribution is -2.54. The van der Waals surface area contributed by atoms with Gasteiger partial charge in [-0.1, -0.05) is 20.8 Å². The summed E-state index contributed by atoms with van der Waals surface area (Å²) in [5.74, 6) is 1.08. The van der Waals surface area contributed by atoms with Gasteiger partial charge in [0, 0.05) is 11.0 Å². The van der Waals surface area contributed by atoms with Crippen LogP contribution in [0.15, 0.2) is 23.2 Å². The molecule has 0 amide bonds. The summed E-state index contributed by atoms with van der Waals surface area (Å²) in [6, 6.07) is 6.66. The Morgan fingerprint density at radius 1 is 1.33 bits per heavy atom. The molecule has 0 bridgehead atoms. The van der Waals surface area contributed by atoms with Crippen LogP contribution in [0.2, 0.25) is 0 Å². The number of ether oxygens (including phenoxy) is 1. The van der Waals surface area contributed by atoms with Crippen molar-refractivity contribution in [3.8, 4) is 18.0 Å². The van der Waals surface area contributed by atoms with Crippen molar-refractivity contribution in [3.05, 3.63) is 29.3 Å². The number of aliphatic hydroxyl groups excluding tert-OH is 1. The molecule has 0 aliphatic carbocycles. The first kappa shape index (κ1) is 17.8. The molecule has 0 spiro atoms. The van der Waals surface area contributed by atoms with E-state index in [2.05, 4.69) is 16.4 Å². The zero-order chi connectivity index (χ0) is 18.1. The SMILES string of the molecule is CC(C)(C)C(=NC#N)N[C@H]1c2cc(C#N)ccc2OC(C)(C)[C@@H]1O. The Hall–Kier alpha value is -2.57. The number of nitrogens with one attached hydrogen (secondary N) is 1. The van der Waals surface area contributed by atoms with Crippen LogP contribution in [0.1, 0.15) is 51.8 Å². The average Bonchev–Trinajstić information content (AvgIpc) is 2.49. The molecule has 1 heterocycles. The summed E-state index contributed by atoms with van der Waals surface area (Å²) in [6.45, 7) is 9.39. The molecule has 1 aliphatic heterocycles. The Kier molecular flexibility index (Phi) is 4.55. The van der Waals surface area contributed by atoms with Gasteiger partial charge in [0.25, 0.3) is 0 Å². The third-order valence-corrected chi connectivity index (χ3v) is 4.04. The van der Waals surface area contributed by atoms with Crippen LogP contribution >= 0.6 is 0 Å². The molecular weight excluding hydrogens is 304 g/mol. The van der Waals surface area contributed by atoms with Gasteiger partial charge >= 0.3 is 0 Å². The molecule has 1 aliphatic rings. The largest absolute Gasteiger partial charge is 0.485 e. The summed E-state index contributed by atoms with van der Waals surface area (Å²) in [7, 11) is 0. The Bertz CT molecular complexity index is 748. The highest BCUT2D eigenvalue weighted by Gasteiger charge is 2.44. The van der Waals surface area contributed by atoms with E-state index in [0.29, 0.717) is 22.7 Å². The fraction of sp³-hybridized carbons (Fsp3) is 0.500. The number of fused-ring (bicyclic) bond motifs is 1. The number of benzene rings is 1. The summed E-state index contributed by atoms with van der Waals surface area (Å²) in [6.07, 6.45) is 0.922. The van der Waals surface area contributed by atoms with E-state index >= 15 is 0 Å². The number of nitrogens with zero attached hydrogens (tertiary/aromatic N) is 3. The van der Waals surface area contributed by atoms with Gasteiger partial charge < -0.3 is 15.2 Å². The topological polar surface area (TPSA) is 101 Å². The fourth-order valence-corrected chi connectivity index (χ4v) is 2.64. The van der Waals surface area contributed by atoms with E-state index in [1.54, 1.807) is 38.2 Å². The first-order valence-electron chi connectivity index (χ1n) is 7.75. The second-order valence-corrected chi connectivity index (χ2v) is 7.45. The van der Waals surface area contributed by atoms with Crippen LogP contribution in [0.3, 0.4) is 0 Å². The van der Waals surface area contributed by atoms with Crippen LogP contribution in [0.25, 0.3) is 0 Å². The van der Waals surface area contributed by atoms with Gasteiger partial charge in [-0.3, -0.25) is 0 Å². The maximum Gasteiger partial charge on any atom is 0.207 e. The van der Waals surface area contributed by atoms with E-state index in [0.717, 1.165) is 0 Å². The van der Waals surface area contributed by atoms with E-state index in [9.17, 15) is 5.11 Å². The van der Waals surface area contributed by atoms with Crippen molar-refractivity contribution in [2.24, 2.45) is 10.4 Å². The van der Waals surface area contributed by atoms with Gasteiger partial charge in [-0.05, 0) is 32.0 Å². The number of hydrogen-bond acceptors (Lipinski definition) is 5. The van der Waals surface area contributed by atoms with Crippen LogP contribution in [0.4, 0.5) is 0 Å². The van der Waals surface area contributed by atoms with Gasteiger partial charge in [-0.25, -0.2) is 0 Å². The predicted molar refractivity (Wildman–Crippen MR) is 90.3 cm³/mol. The number of hydrogen-bond donors (Lipinski definition) is 2. The lowest BCUT2D eigenvalue weighted by molar-refractivity contribution is -0.0613. The van der Waals surface area contributed by atoms with Crippen molar-refractivity contribution < 1.29 is 9.84 Å². The highest BCUT2D eigenvalue weighted by Crippen LogP contribution is 2.40. The van der Waals surface area contributed by atoms with Crippen LogP contribution in [0.5, 0.6) is 5.75 Å². The van der Waals surface area contributed by atoms with Crippen LogP contribution in [-0.2, 0) is 0 Å². The summed E-state index contributed by atoms with van der Waals surface area (Å²) in [5.41, 5.74) is -0.0688. The Morgan fingerprint density at radius 3 is 2.54 bits per heavy atom. The maximum absolute atomic E-state index is 10.8. The van der Waals surface area contributed by atoms with Gasteiger partial charge in [0.1, 0.15) is 23.3 Å². The van der Waals surface area contributed by atoms with Crippen molar-refractivity contribution in [1.29, 1.82) is 10.5 Å². The quantitative estimate of drug-likeness (QED) is 0.469. The average molecular weight is 326 g/mol. The summed E-state index contributed by atoms with van der Waals surface area (Å²) in [4.78, 5) is 3.88. The van der Waals surface area contributed by atoms with Crippen molar-refractivity contribution in [2.75, 3.05) is 0 Å². The van der Waals surface area contributed by atoms with Crippen molar-refractivity contribution in [3.63, 3.8) is 0 Å².